The minimum absolute atomic E-state index is 0.0239. The number of nitrogens with one attached hydrogen (secondary N) is 2. The number of anilines is 2. The summed E-state index contributed by atoms with van der Waals surface area (Å²) in [6.45, 7) is 4.32. The van der Waals surface area contributed by atoms with Gasteiger partial charge < -0.3 is 25.0 Å². The summed E-state index contributed by atoms with van der Waals surface area (Å²) in [5.41, 5.74) is 4.30. The number of carbonyl (C=O) groups is 2. The molecule has 8 heteroatoms. The monoisotopic (exact) mass is 452 g/mol. The predicted octanol–water partition coefficient (Wildman–Crippen LogP) is 2.21. The molecule has 1 atom stereocenters. The summed E-state index contributed by atoms with van der Waals surface area (Å²) >= 11 is 0. The van der Waals surface area contributed by atoms with Crippen molar-refractivity contribution in [2.24, 2.45) is 0 Å². The van der Waals surface area contributed by atoms with E-state index in [4.69, 9.17) is 9.47 Å². The van der Waals surface area contributed by atoms with Crippen LogP contribution < -0.4 is 20.3 Å². The first-order valence-corrected chi connectivity index (χ1v) is 11.4. The maximum atomic E-state index is 12.6. The third-order valence-corrected chi connectivity index (χ3v) is 6.34. The lowest BCUT2D eigenvalue weighted by molar-refractivity contribution is -0.136. The molecule has 0 spiro atoms. The molecule has 2 amide bonds. The molecule has 2 aliphatic heterocycles. The zero-order valence-electron chi connectivity index (χ0n) is 19.3. The highest BCUT2D eigenvalue weighted by atomic mass is 16.5. The van der Waals surface area contributed by atoms with Crippen molar-refractivity contribution in [2.45, 2.75) is 18.9 Å². The number of hydrogen-bond donors (Lipinski definition) is 2. The molecular weight excluding hydrogens is 420 g/mol. The normalized spacial score (nSPS) is 17.1. The third kappa shape index (κ3) is 5.64. The third-order valence-electron chi connectivity index (χ3n) is 6.34. The molecular formula is C25H32N4O4. The van der Waals surface area contributed by atoms with Crippen molar-refractivity contribution in [3.8, 4) is 5.75 Å². The molecule has 0 radical (unpaired) electrons. The number of amides is 2. The van der Waals surface area contributed by atoms with Crippen LogP contribution in [-0.2, 0) is 20.7 Å². The molecule has 0 aromatic heterocycles. The van der Waals surface area contributed by atoms with Crippen LogP contribution in [0.2, 0.25) is 0 Å². The van der Waals surface area contributed by atoms with Crippen LogP contribution >= 0.6 is 0 Å². The molecule has 0 unspecified atom stereocenters. The van der Waals surface area contributed by atoms with E-state index in [-0.39, 0.29) is 6.04 Å². The summed E-state index contributed by atoms with van der Waals surface area (Å²) in [5.74, 6) is -0.656. The predicted molar refractivity (Wildman–Crippen MR) is 128 cm³/mol. The average Bonchev–Trinajstić information content (AvgIpc) is 2.85. The number of carbonyl (C=O) groups excluding carboxylic acids is 2. The Morgan fingerprint density at radius 1 is 1.06 bits per heavy atom. The Kier molecular flexibility index (Phi) is 7.47. The Balaban J connectivity index is 1.44. The van der Waals surface area contributed by atoms with E-state index in [9.17, 15) is 9.59 Å². The lowest BCUT2D eigenvalue weighted by Crippen LogP contribution is -2.45. The average molecular weight is 453 g/mol. The number of methoxy groups -OCH3 is 1. The van der Waals surface area contributed by atoms with Gasteiger partial charge in [0.1, 0.15) is 5.75 Å². The minimum Gasteiger partial charge on any atom is -0.497 e. The number of hydrogen-bond acceptors (Lipinski definition) is 6. The summed E-state index contributed by atoms with van der Waals surface area (Å²) in [6, 6.07) is 13.4. The molecule has 2 heterocycles. The van der Waals surface area contributed by atoms with Gasteiger partial charge in [0.25, 0.3) is 0 Å². The van der Waals surface area contributed by atoms with E-state index in [0.717, 1.165) is 38.0 Å². The van der Waals surface area contributed by atoms with Crippen molar-refractivity contribution < 1.29 is 19.1 Å². The first-order valence-electron chi connectivity index (χ1n) is 11.4. The lowest BCUT2D eigenvalue weighted by Gasteiger charge is -2.36. The van der Waals surface area contributed by atoms with Gasteiger partial charge in [-0.05, 0) is 54.3 Å². The van der Waals surface area contributed by atoms with Gasteiger partial charge in [0.05, 0.1) is 26.4 Å². The number of rotatable bonds is 6. The van der Waals surface area contributed by atoms with Gasteiger partial charge in [-0.15, -0.1) is 0 Å². The molecule has 2 N–H and O–H groups in total. The van der Waals surface area contributed by atoms with Gasteiger partial charge in [0.15, 0.2) is 0 Å². The fourth-order valence-electron chi connectivity index (χ4n) is 4.49. The van der Waals surface area contributed by atoms with Gasteiger partial charge in [-0.1, -0.05) is 12.1 Å². The number of nitrogens with zero attached hydrogens (tertiary/aromatic N) is 2. The van der Waals surface area contributed by atoms with E-state index in [1.165, 1.54) is 11.3 Å². The molecule has 4 rings (SSSR count). The molecule has 2 aliphatic rings. The highest BCUT2D eigenvalue weighted by molar-refractivity contribution is 6.39. The second-order valence-electron chi connectivity index (χ2n) is 8.47. The summed E-state index contributed by atoms with van der Waals surface area (Å²) < 4.78 is 10.6. The lowest BCUT2D eigenvalue weighted by atomic mass is 9.95. The molecule has 1 saturated heterocycles. The number of morpholine rings is 1. The highest BCUT2D eigenvalue weighted by Crippen LogP contribution is 2.31. The fourth-order valence-corrected chi connectivity index (χ4v) is 4.49. The van der Waals surface area contributed by atoms with Crippen LogP contribution in [0.15, 0.2) is 42.5 Å². The Labute approximate surface area is 194 Å². The Bertz CT molecular complexity index is 973. The molecule has 2 aromatic rings. The van der Waals surface area contributed by atoms with E-state index in [0.29, 0.717) is 31.2 Å². The summed E-state index contributed by atoms with van der Waals surface area (Å²) in [6.07, 6.45) is 2.19. The standard InChI is InChI=1S/C25H32N4O4/c1-28-11-3-4-18-16-19(5-10-22(18)28)23(29-12-14-33-15-13-29)17-26-24(30)25(31)27-20-6-8-21(32-2)9-7-20/h5-10,16,23H,3-4,11-15,17H2,1-2H3,(H,26,30)(H,27,31)/t23-/m0/s1. The first kappa shape index (κ1) is 23.1. The fraction of sp³-hybridized carbons (Fsp3) is 0.440. The second kappa shape index (κ2) is 10.7. The van der Waals surface area contributed by atoms with Crippen LogP contribution in [0.3, 0.4) is 0 Å². The zero-order chi connectivity index (χ0) is 23.2. The number of ether oxygens (including phenoxy) is 2. The van der Waals surface area contributed by atoms with E-state index in [1.807, 2.05) is 0 Å². The molecule has 33 heavy (non-hydrogen) atoms. The molecule has 0 bridgehead atoms. The Hall–Kier alpha value is -3.10. The van der Waals surface area contributed by atoms with Crippen molar-refractivity contribution in [1.82, 2.24) is 10.2 Å². The van der Waals surface area contributed by atoms with E-state index in [2.05, 4.69) is 45.7 Å². The first-order chi connectivity index (χ1) is 16.0. The quantitative estimate of drug-likeness (QED) is 0.654. The number of aryl methyl sites for hydroxylation is 1. The Morgan fingerprint density at radius 2 is 1.82 bits per heavy atom. The summed E-state index contributed by atoms with van der Waals surface area (Å²) in [7, 11) is 3.70. The topological polar surface area (TPSA) is 83.1 Å². The van der Waals surface area contributed by atoms with Crippen LogP contribution in [0.25, 0.3) is 0 Å². The van der Waals surface area contributed by atoms with E-state index in [1.54, 1.807) is 31.4 Å². The maximum Gasteiger partial charge on any atom is 0.313 e. The van der Waals surface area contributed by atoms with Crippen molar-refractivity contribution in [3.05, 3.63) is 53.6 Å². The smallest absolute Gasteiger partial charge is 0.313 e. The van der Waals surface area contributed by atoms with E-state index < -0.39 is 11.8 Å². The maximum absolute atomic E-state index is 12.6. The molecule has 8 nitrogen and oxygen atoms in total. The van der Waals surface area contributed by atoms with E-state index >= 15 is 0 Å². The van der Waals surface area contributed by atoms with Crippen LogP contribution in [0.5, 0.6) is 5.75 Å². The van der Waals surface area contributed by atoms with Crippen LogP contribution in [0.4, 0.5) is 11.4 Å². The largest absolute Gasteiger partial charge is 0.497 e. The van der Waals surface area contributed by atoms with Crippen molar-refractivity contribution in [3.63, 3.8) is 0 Å². The Morgan fingerprint density at radius 3 is 2.55 bits per heavy atom. The minimum atomic E-state index is -0.687. The summed E-state index contributed by atoms with van der Waals surface area (Å²) in [5, 5.41) is 5.48. The molecule has 1 fully saturated rings. The molecule has 0 saturated carbocycles. The van der Waals surface area contributed by atoms with Crippen molar-refractivity contribution in [1.29, 1.82) is 0 Å². The zero-order valence-corrected chi connectivity index (χ0v) is 19.3. The molecule has 176 valence electrons. The number of benzene rings is 2. The number of fused-ring (bicyclic) bond motifs is 1. The molecule has 2 aromatic carbocycles. The van der Waals surface area contributed by atoms with Gasteiger partial charge in [-0.2, -0.15) is 0 Å². The van der Waals surface area contributed by atoms with Crippen LogP contribution in [-0.4, -0.2) is 70.3 Å². The highest BCUT2D eigenvalue weighted by Gasteiger charge is 2.26. The van der Waals surface area contributed by atoms with Crippen LogP contribution in [0.1, 0.15) is 23.6 Å². The van der Waals surface area contributed by atoms with Crippen LogP contribution in [0, 0.1) is 0 Å². The summed E-state index contributed by atoms with van der Waals surface area (Å²) in [4.78, 5) is 29.6. The van der Waals surface area contributed by atoms with Gasteiger partial charge in [-0.3, -0.25) is 14.5 Å². The second-order valence-corrected chi connectivity index (χ2v) is 8.47. The van der Waals surface area contributed by atoms with Crippen molar-refractivity contribution in [2.75, 3.05) is 63.8 Å². The van der Waals surface area contributed by atoms with Gasteiger partial charge >= 0.3 is 11.8 Å². The SMILES string of the molecule is COc1ccc(NC(=O)C(=O)NC[C@@H](c2ccc3c(c2)CCCN3C)N2CCOCC2)cc1. The van der Waals surface area contributed by atoms with Gasteiger partial charge in [0, 0.05) is 44.6 Å². The van der Waals surface area contributed by atoms with Gasteiger partial charge in [0.2, 0.25) is 0 Å². The molecule has 0 aliphatic carbocycles. The van der Waals surface area contributed by atoms with Crippen molar-refractivity contribution >= 4 is 23.2 Å². The van der Waals surface area contributed by atoms with Gasteiger partial charge in [-0.25, -0.2) is 0 Å².